The molecule has 16 heavy (non-hydrogen) atoms. The summed E-state index contributed by atoms with van der Waals surface area (Å²) in [4.78, 5) is 0. The van der Waals surface area contributed by atoms with Crippen LogP contribution in [0.15, 0.2) is 0 Å². The lowest BCUT2D eigenvalue weighted by atomic mass is 10.1. The number of rotatable bonds is 12. The third-order valence-corrected chi connectivity index (χ3v) is 3.01. The third kappa shape index (κ3) is 12.0. The summed E-state index contributed by atoms with van der Waals surface area (Å²) in [6.07, 6.45) is 10.6. The molecule has 0 aliphatic carbocycles. The molecule has 1 unspecified atom stereocenters. The van der Waals surface area contributed by atoms with Crippen molar-refractivity contribution in [3.05, 3.63) is 0 Å². The molecule has 0 rings (SSSR count). The van der Waals surface area contributed by atoms with Crippen LogP contribution < -0.4 is 5.32 Å². The van der Waals surface area contributed by atoms with Crippen LogP contribution in [-0.4, -0.2) is 26.3 Å². The highest BCUT2D eigenvalue weighted by Gasteiger charge is 1.99. The molecule has 0 aliphatic rings. The second-order valence-electron chi connectivity index (χ2n) is 4.76. The molecule has 2 nitrogen and oxygen atoms in total. The van der Waals surface area contributed by atoms with Crippen LogP contribution in [0.5, 0.6) is 0 Å². The van der Waals surface area contributed by atoms with Crippen LogP contribution >= 0.6 is 0 Å². The Morgan fingerprint density at radius 2 is 1.75 bits per heavy atom. The first-order valence-corrected chi connectivity index (χ1v) is 7.03. The maximum atomic E-state index is 5.03. The third-order valence-electron chi connectivity index (χ3n) is 3.01. The number of unbranched alkanes of at least 4 members (excludes halogenated alkanes) is 5. The Bertz CT molecular complexity index is 128. The van der Waals surface area contributed by atoms with Crippen molar-refractivity contribution in [3.8, 4) is 0 Å². The van der Waals surface area contributed by atoms with Gasteiger partial charge in [-0.05, 0) is 39.2 Å². The molecular formula is C14H31NO. The molecule has 0 radical (unpaired) electrons. The van der Waals surface area contributed by atoms with Crippen molar-refractivity contribution in [2.45, 2.75) is 71.3 Å². The Balaban J connectivity index is 3.08. The van der Waals surface area contributed by atoms with Gasteiger partial charge in [0.2, 0.25) is 0 Å². The lowest BCUT2D eigenvalue weighted by Crippen LogP contribution is -2.26. The summed E-state index contributed by atoms with van der Waals surface area (Å²) in [6, 6.07) is 0.694. The molecule has 0 aromatic rings. The summed E-state index contributed by atoms with van der Waals surface area (Å²) in [5.41, 5.74) is 0. The van der Waals surface area contributed by atoms with E-state index in [0.29, 0.717) is 6.04 Å². The zero-order valence-corrected chi connectivity index (χ0v) is 11.6. The van der Waals surface area contributed by atoms with Gasteiger partial charge in [0.1, 0.15) is 0 Å². The average Bonchev–Trinajstić information content (AvgIpc) is 2.29. The lowest BCUT2D eigenvalue weighted by molar-refractivity contribution is 0.192. The van der Waals surface area contributed by atoms with E-state index < -0.39 is 0 Å². The van der Waals surface area contributed by atoms with Gasteiger partial charge < -0.3 is 10.1 Å². The monoisotopic (exact) mass is 229 g/mol. The second-order valence-corrected chi connectivity index (χ2v) is 4.76. The van der Waals surface area contributed by atoms with Gasteiger partial charge in [0.25, 0.3) is 0 Å². The molecule has 0 heterocycles. The maximum absolute atomic E-state index is 5.03. The van der Waals surface area contributed by atoms with E-state index in [1.165, 1.54) is 57.9 Å². The topological polar surface area (TPSA) is 21.3 Å². The first-order chi connectivity index (χ1) is 7.81. The molecule has 0 saturated carbocycles. The Hall–Kier alpha value is -0.0800. The van der Waals surface area contributed by atoms with E-state index in [1.807, 2.05) is 0 Å². The maximum Gasteiger partial charge on any atom is 0.0462 e. The Kier molecular flexibility index (Phi) is 12.9. The van der Waals surface area contributed by atoms with Crippen molar-refractivity contribution >= 4 is 0 Å². The normalized spacial score (nSPS) is 12.9. The van der Waals surface area contributed by atoms with E-state index in [4.69, 9.17) is 4.74 Å². The van der Waals surface area contributed by atoms with Crippen LogP contribution in [0.3, 0.4) is 0 Å². The van der Waals surface area contributed by atoms with Crippen LogP contribution in [0.4, 0.5) is 0 Å². The fraction of sp³-hybridized carbons (Fsp3) is 1.00. The Morgan fingerprint density at radius 3 is 2.44 bits per heavy atom. The van der Waals surface area contributed by atoms with Crippen LogP contribution in [0.25, 0.3) is 0 Å². The number of ether oxygens (including phenoxy) is 1. The molecule has 0 spiro atoms. The quantitative estimate of drug-likeness (QED) is 0.515. The molecule has 1 N–H and O–H groups in total. The smallest absolute Gasteiger partial charge is 0.0462 e. The summed E-state index contributed by atoms with van der Waals surface area (Å²) >= 11 is 0. The van der Waals surface area contributed by atoms with Gasteiger partial charge in [-0.25, -0.2) is 0 Å². The lowest BCUT2D eigenvalue weighted by Gasteiger charge is -2.13. The minimum absolute atomic E-state index is 0.694. The molecule has 0 bridgehead atoms. The Morgan fingerprint density at radius 1 is 1.00 bits per heavy atom. The molecule has 1 atom stereocenters. The van der Waals surface area contributed by atoms with Crippen molar-refractivity contribution in [1.82, 2.24) is 5.32 Å². The van der Waals surface area contributed by atoms with Crippen LogP contribution in [0, 0.1) is 0 Å². The van der Waals surface area contributed by atoms with Crippen molar-refractivity contribution < 1.29 is 4.74 Å². The van der Waals surface area contributed by atoms with Gasteiger partial charge in [-0.15, -0.1) is 0 Å². The average molecular weight is 229 g/mol. The number of methoxy groups -OCH3 is 1. The molecular weight excluding hydrogens is 198 g/mol. The Labute approximate surface area is 102 Å². The zero-order chi connectivity index (χ0) is 12.1. The molecule has 0 aromatic heterocycles. The highest BCUT2D eigenvalue weighted by atomic mass is 16.5. The first-order valence-electron chi connectivity index (χ1n) is 7.03. The predicted octanol–water partition coefficient (Wildman–Crippen LogP) is 3.75. The highest BCUT2D eigenvalue weighted by molar-refractivity contribution is 4.60. The standard InChI is InChI=1S/C14H31NO/c1-4-5-6-8-11-14(2)15-12-9-7-10-13-16-3/h14-15H,4-13H2,1-3H3. The van der Waals surface area contributed by atoms with Crippen molar-refractivity contribution in [3.63, 3.8) is 0 Å². The summed E-state index contributed by atoms with van der Waals surface area (Å²) in [6.45, 7) is 6.65. The van der Waals surface area contributed by atoms with E-state index in [0.717, 1.165) is 6.61 Å². The molecule has 0 aromatic carbocycles. The van der Waals surface area contributed by atoms with Gasteiger partial charge in [-0.2, -0.15) is 0 Å². The van der Waals surface area contributed by atoms with Gasteiger partial charge in [0.15, 0.2) is 0 Å². The number of hydrogen-bond acceptors (Lipinski definition) is 2. The highest BCUT2D eigenvalue weighted by Crippen LogP contribution is 2.05. The molecule has 0 saturated heterocycles. The minimum atomic E-state index is 0.694. The molecule has 2 heteroatoms. The van der Waals surface area contributed by atoms with Crippen molar-refractivity contribution in [2.24, 2.45) is 0 Å². The van der Waals surface area contributed by atoms with Crippen LogP contribution in [-0.2, 0) is 4.74 Å². The van der Waals surface area contributed by atoms with Crippen LogP contribution in [0.1, 0.15) is 65.2 Å². The summed E-state index contributed by atoms with van der Waals surface area (Å²) in [5.74, 6) is 0. The van der Waals surface area contributed by atoms with Gasteiger partial charge >= 0.3 is 0 Å². The van der Waals surface area contributed by atoms with Crippen molar-refractivity contribution in [2.75, 3.05) is 20.3 Å². The molecule has 0 amide bonds. The minimum Gasteiger partial charge on any atom is -0.385 e. The second kappa shape index (κ2) is 13.0. The van der Waals surface area contributed by atoms with Crippen LogP contribution in [0.2, 0.25) is 0 Å². The summed E-state index contributed by atoms with van der Waals surface area (Å²) < 4.78 is 5.03. The molecule has 0 fully saturated rings. The van der Waals surface area contributed by atoms with Crippen molar-refractivity contribution in [1.29, 1.82) is 0 Å². The van der Waals surface area contributed by atoms with E-state index >= 15 is 0 Å². The van der Waals surface area contributed by atoms with Gasteiger partial charge in [-0.3, -0.25) is 0 Å². The summed E-state index contributed by atoms with van der Waals surface area (Å²) in [7, 11) is 1.77. The van der Waals surface area contributed by atoms with Gasteiger partial charge in [0, 0.05) is 19.8 Å². The number of nitrogens with one attached hydrogen (secondary N) is 1. The van der Waals surface area contributed by atoms with E-state index in [-0.39, 0.29) is 0 Å². The summed E-state index contributed by atoms with van der Waals surface area (Å²) in [5, 5.41) is 3.60. The largest absolute Gasteiger partial charge is 0.385 e. The van der Waals surface area contributed by atoms with E-state index in [2.05, 4.69) is 19.2 Å². The van der Waals surface area contributed by atoms with Gasteiger partial charge in [0.05, 0.1) is 0 Å². The molecule has 98 valence electrons. The SMILES string of the molecule is CCCCCCC(C)NCCCCCOC. The van der Waals surface area contributed by atoms with Gasteiger partial charge in [-0.1, -0.05) is 32.6 Å². The zero-order valence-electron chi connectivity index (χ0n) is 11.6. The van der Waals surface area contributed by atoms with E-state index in [9.17, 15) is 0 Å². The predicted molar refractivity (Wildman–Crippen MR) is 72.0 cm³/mol. The van der Waals surface area contributed by atoms with E-state index in [1.54, 1.807) is 7.11 Å². The fourth-order valence-corrected chi connectivity index (χ4v) is 1.88. The fourth-order valence-electron chi connectivity index (χ4n) is 1.88. The number of hydrogen-bond donors (Lipinski definition) is 1. The first kappa shape index (κ1) is 15.9. The molecule has 0 aliphatic heterocycles.